The van der Waals surface area contributed by atoms with Crippen LogP contribution in [0.15, 0.2) is 23.1 Å². The number of hydrogen-bond acceptors (Lipinski definition) is 3. The lowest BCUT2D eigenvalue weighted by molar-refractivity contribution is 0.388. The minimum Gasteiger partial charge on any atom is -0.309 e. The van der Waals surface area contributed by atoms with E-state index in [4.69, 9.17) is 0 Å². The average Bonchev–Trinajstić information content (AvgIpc) is 2.85. The van der Waals surface area contributed by atoms with E-state index in [2.05, 4.69) is 10.0 Å². The lowest BCUT2D eigenvalue weighted by Gasteiger charge is -2.27. The quantitative estimate of drug-likeness (QED) is 0.870. The molecule has 0 spiro atoms. The average molecular weight is 282 g/mol. The van der Waals surface area contributed by atoms with Gasteiger partial charge in [0, 0.05) is 18.6 Å². The molecular weight excluding hydrogens is 260 g/mol. The summed E-state index contributed by atoms with van der Waals surface area (Å²) in [5, 5.41) is 3.22. The summed E-state index contributed by atoms with van der Waals surface area (Å²) in [5.74, 6) is 0. The lowest BCUT2D eigenvalue weighted by atomic mass is 9.98. The Balaban J connectivity index is 2.30. The third-order valence-corrected chi connectivity index (χ3v) is 5.70. The predicted molar refractivity (Wildman–Crippen MR) is 76.3 cm³/mol. The fraction of sp³-hybridized carbons (Fsp3) is 0.571. The zero-order chi connectivity index (χ0) is 14.1. The van der Waals surface area contributed by atoms with Gasteiger partial charge in [-0.3, -0.25) is 0 Å². The van der Waals surface area contributed by atoms with Gasteiger partial charge in [-0.15, -0.1) is 0 Å². The van der Waals surface area contributed by atoms with E-state index in [1.807, 2.05) is 26.8 Å². The van der Waals surface area contributed by atoms with Crippen molar-refractivity contribution in [2.75, 3.05) is 0 Å². The number of fused-ring (bicyclic) bond motifs is 1. The molecule has 106 valence electrons. The molecule has 0 atom stereocenters. The van der Waals surface area contributed by atoms with Crippen molar-refractivity contribution in [2.24, 2.45) is 0 Å². The van der Waals surface area contributed by atoms with Gasteiger partial charge >= 0.3 is 0 Å². The van der Waals surface area contributed by atoms with Crippen LogP contribution in [-0.4, -0.2) is 14.0 Å². The zero-order valence-electron chi connectivity index (χ0n) is 11.8. The van der Waals surface area contributed by atoms with Crippen LogP contribution in [0.4, 0.5) is 0 Å². The molecule has 0 radical (unpaired) electrons. The summed E-state index contributed by atoms with van der Waals surface area (Å²) in [6, 6.07) is 5.38. The maximum atomic E-state index is 12.4. The van der Waals surface area contributed by atoms with Crippen LogP contribution in [0.1, 0.15) is 44.7 Å². The molecule has 4 nitrogen and oxygen atoms in total. The van der Waals surface area contributed by atoms with Gasteiger partial charge in [0.2, 0.25) is 10.0 Å². The van der Waals surface area contributed by atoms with Gasteiger partial charge in [0.25, 0.3) is 0 Å². The molecule has 1 aliphatic heterocycles. The van der Waals surface area contributed by atoms with Crippen LogP contribution in [0.5, 0.6) is 0 Å². The maximum absolute atomic E-state index is 12.4. The molecule has 0 saturated carbocycles. The Bertz CT molecular complexity index is 563. The fourth-order valence-electron chi connectivity index (χ4n) is 2.22. The first kappa shape index (κ1) is 14.5. The molecule has 0 bridgehead atoms. The summed E-state index contributed by atoms with van der Waals surface area (Å²) in [6.45, 7) is 7.51. The van der Waals surface area contributed by atoms with E-state index in [1.165, 1.54) is 5.56 Å². The second-order valence-electron chi connectivity index (χ2n) is 5.41. The Morgan fingerprint density at radius 1 is 1.21 bits per heavy atom. The summed E-state index contributed by atoms with van der Waals surface area (Å²) in [5.41, 5.74) is 1.89. The molecule has 1 aromatic rings. The molecule has 2 rings (SSSR count). The predicted octanol–water partition coefficient (Wildman–Crippen LogP) is 2.15. The SMILES string of the molecule is CCC(C)(CC)NS(=O)(=O)c1ccc2c(c1)CNC2. The van der Waals surface area contributed by atoms with E-state index in [9.17, 15) is 8.42 Å². The van der Waals surface area contributed by atoms with E-state index in [0.29, 0.717) is 4.90 Å². The minimum atomic E-state index is -3.44. The van der Waals surface area contributed by atoms with Crippen LogP contribution in [0, 0.1) is 0 Å². The van der Waals surface area contributed by atoms with Gasteiger partial charge in [-0.05, 0) is 43.0 Å². The second kappa shape index (κ2) is 5.23. The van der Waals surface area contributed by atoms with Crippen LogP contribution in [-0.2, 0) is 23.1 Å². The molecule has 2 N–H and O–H groups in total. The molecular formula is C14H22N2O2S. The first-order valence-electron chi connectivity index (χ1n) is 6.77. The molecule has 0 aromatic heterocycles. The highest BCUT2D eigenvalue weighted by atomic mass is 32.2. The van der Waals surface area contributed by atoms with Crippen molar-refractivity contribution in [3.8, 4) is 0 Å². The minimum absolute atomic E-state index is 0.364. The smallest absolute Gasteiger partial charge is 0.241 e. The number of rotatable bonds is 5. The highest BCUT2D eigenvalue weighted by Crippen LogP contribution is 2.23. The van der Waals surface area contributed by atoms with Crippen molar-refractivity contribution in [2.45, 2.75) is 57.1 Å². The van der Waals surface area contributed by atoms with Gasteiger partial charge in [0.15, 0.2) is 0 Å². The van der Waals surface area contributed by atoms with Crippen molar-refractivity contribution >= 4 is 10.0 Å². The zero-order valence-corrected chi connectivity index (χ0v) is 12.6. The van der Waals surface area contributed by atoms with Crippen molar-refractivity contribution in [3.05, 3.63) is 29.3 Å². The summed E-state index contributed by atoms with van der Waals surface area (Å²) in [4.78, 5) is 0.364. The summed E-state index contributed by atoms with van der Waals surface area (Å²) >= 11 is 0. The molecule has 0 unspecified atom stereocenters. The first-order valence-corrected chi connectivity index (χ1v) is 8.25. The van der Waals surface area contributed by atoms with E-state index in [1.54, 1.807) is 12.1 Å². The molecule has 19 heavy (non-hydrogen) atoms. The van der Waals surface area contributed by atoms with Crippen molar-refractivity contribution in [1.82, 2.24) is 10.0 Å². The van der Waals surface area contributed by atoms with Crippen LogP contribution in [0.2, 0.25) is 0 Å². The highest BCUT2D eigenvalue weighted by Gasteiger charge is 2.28. The van der Waals surface area contributed by atoms with Gasteiger partial charge in [-0.2, -0.15) is 0 Å². The standard InChI is InChI=1S/C14H22N2O2S/c1-4-14(3,5-2)16-19(17,18)13-7-6-11-9-15-10-12(11)8-13/h6-8,15-16H,4-5,9-10H2,1-3H3. The number of benzene rings is 1. The first-order chi connectivity index (χ1) is 8.90. The topological polar surface area (TPSA) is 58.2 Å². The lowest BCUT2D eigenvalue weighted by Crippen LogP contribution is -2.44. The molecule has 1 heterocycles. The van der Waals surface area contributed by atoms with Gasteiger partial charge in [-0.1, -0.05) is 19.9 Å². The van der Waals surface area contributed by atoms with Crippen molar-refractivity contribution in [1.29, 1.82) is 0 Å². The third-order valence-electron chi connectivity index (χ3n) is 4.06. The summed E-state index contributed by atoms with van der Waals surface area (Å²) in [6.07, 6.45) is 1.55. The van der Waals surface area contributed by atoms with E-state index >= 15 is 0 Å². The molecule has 0 amide bonds. The van der Waals surface area contributed by atoms with Gasteiger partial charge in [0.1, 0.15) is 0 Å². The number of hydrogen-bond donors (Lipinski definition) is 2. The molecule has 5 heteroatoms. The second-order valence-corrected chi connectivity index (χ2v) is 7.09. The number of sulfonamides is 1. The van der Waals surface area contributed by atoms with Crippen molar-refractivity contribution in [3.63, 3.8) is 0 Å². The van der Waals surface area contributed by atoms with Crippen LogP contribution in [0.25, 0.3) is 0 Å². The fourth-order valence-corrected chi connectivity index (χ4v) is 3.82. The Hall–Kier alpha value is -0.910. The van der Waals surface area contributed by atoms with E-state index < -0.39 is 10.0 Å². The highest BCUT2D eigenvalue weighted by molar-refractivity contribution is 7.89. The Kier molecular flexibility index (Phi) is 3.99. The van der Waals surface area contributed by atoms with Crippen molar-refractivity contribution < 1.29 is 8.42 Å². The van der Waals surface area contributed by atoms with E-state index in [0.717, 1.165) is 31.5 Å². The molecule has 1 aliphatic rings. The maximum Gasteiger partial charge on any atom is 0.241 e. The Morgan fingerprint density at radius 2 is 1.84 bits per heavy atom. The summed E-state index contributed by atoms with van der Waals surface area (Å²) in [7, 11) is -3.44. The van der Waals surface area contributed by atoms with Crippen LogP contribution >= 0.6 is 0 Å². The Morgan fingerprint density at radius 3 is 2.47 bits per heavy atom. The largest absolute Gasteiger partial charge is 0.309 e. The Labute approximate surface area is 115 Å². The monoisotopic (exact) mass is 282 g/mol. The molecule has 0 aliphatic carbocycles. The molecule has 1 aromatic carbocycles. The van der Waals surface area contributed by atoms with Gasteiger partial charge in [0.05, 0.1) is 4.90 Å². The summed E-state index contributed by atoms with van der Waals surface area (Å²) < 4.78 is 27.7. The molecule has 0 saturated heterocycles. The normalized spacial score (nSPS) is 15.5. The van der Waals surface area contributed by atoms with E-state index in [-0.39, 0.29) is 5.54 Å². The van der Waals surface area contributed by atoms with Crippen LogP contribution in [0.3, 0.4) is 0 Å². The number of nitrogens with one attached hydrogen (secondary N) is 2. The molecule has 0 fully saturated rings. The van der Waals surface area contributed by atoms with Crippen LogP contribution < -0.4 is 10.0 Å². The third kappa shape index (κ3) is 2.99. The van der Waals surface area contributed by atoms with Gasteiger partial charge in [-0.25, -0.2) is 13.1 Å². The van der Waals surface area contributed by atoms with Gasteiger partial charge < -0.3 is 5.32 Å².